The number of ether oxygens (including phenoxy) is 2. The molecule has 0 unspecified atom stereocenters. The van der Waals surface area contributed by atoms with Crippen LogP contribution in [0.1, 0.15) is 10.4 Å². The fraction of sp³-hybridized carbons (Fsp3) is 0.154. The first kappa shape index (κ1) is 14.1. The molecule has 0 aliphatic carbocycles. The van der Waals surface area contributed by atoms with Crippen LogP contribution in [0.15, 0.2) is 35.6 Å². The summed E-state index contributed by atoms with van der Waals surface area (Å²) in [4.78, 5) is 19.2. The zero-order chi connectivity index (χ0) is 14.5. The van der Waals surface area contributed by atoms with E-state index in [1.165, 1.54) is 31.3 Å². The first-order valence-electron chi connectivity index (χ1n) is 5.60. The lowest BCUT2D eigenvalue weighted by Gasteiger charge is -2.12. The van der Waals surface area contributed by atoms with E-state index in [-0.39, 0.29) is 17.2 Å². The van der Waals surface area contributed by atoms with E-state index in [0.29, 0.717) is 5.75 Å². The third-order valence-electron chi connectivity index (χ3n) is 2.46. The molecule has 0 atom stereocenters. The van der Waals surface area contributed by atoms with E-state index >= 15 is 0 Å². The van der Waals surface area contributed by atoms with Crippen molar-refractivity contribution in [1.29, 1.82) is 0 Å². The van der Waals surface area contributed by atoms with Crippen molar-refractivity contribution in [1.82, 2.24) is 9.97 Å². The Kier molecular flexibility index (Phi) is 4.41. The Hall–Kier alpha value is -2.28. The lowest BCUT2D eigenvalue weighted by atomic mass is 10.2. The van der Waals surface area contributed by atoms with Crippen molar-refractivity contribution in [3.63, 3.8) is 0 Å². The smallest absolute Gasteiger partial charge is 0.339 e. The molecule has 2 aromatic rings. The van der Waals surface area contributed by atoms with Gasteiger partial charge in [0.15, 0.2) is 11.5 Å². The third kappa shape index (κ3) is 3.00. The molecule has 1 aromatic heterocycles. The maximum Gasteiger partial charge on any atom is 0.339 e. The second-order valence-corrected chi connectivity index (χ2v) is 4.47. The number of rotatable bonds is 5. The van der Waals surface area contributed by atoms with Crippen molar-refractivity contribution >= 4 is 17.7 Å². The lowest BCUT2D eigenvalue weighted by Crippen LogP contribution is -2.02. The molecule has 0 aliphatic rings. The standard InChI is InChI=1S/C13H12N2O4S/c1-18-9-5-3-4-8(13(16)17)12(9)19-10-6-11(20-2)15-7-14-10/h3-7H,1-2H3,(H,16,17). The Morgan fingerprint density at radius 1 is 1.35 bits per heavy atom. The average molecular weight is 292 g/mol. The van der Waals surface area contributed by atoms with E-state index in [1.807, 2.05) is 6.26 Å². The number of thioether (sulfide) groups is 1. The number of nitrogens with zero attached hydrogens (tertiary/aromatic N) is 2. The van der Waals surface area contributed by atoms with Gasteiger partial charge in [0.25, 0.3) is 0 Å². The highest BCUT2D eigenvalue weighted by Gasteiger charge is 2.17. The van der Waals surface area contributed by atoms with Crippen LogP contribution in [-0.2, 0) is 0 Å². The Labute approximate surface area is 119 Å². The highest BCUT2D eigenvalue weighted by atomic mass is 32.2. The van der Waals surface area contributed by atoms with E-state index in [0.717, 1.165) is 5.03 Å². The van der Waals surface area contributed by atoms with Gasteiger partial charge in [-0.25, -0.2) is 14.8 Å². The summed E-state index contributed by atoms with van der Waals surface area (Å²) in [6, 6.07) is 6.28. The van der Waals surface area contributed by atoms with E-state index in [2.05, 4.69) is 9.97 Å². The number of carboxylic acid groups (broad SMARTS) is 1. The SMILES string of the molecule is COc1cccc(C(=O)O)c1Oc1cc(SC)ncn1. The third-order valence-corrected chi connectivity index (χ3v) is 3.10. The van der Waals surface area contributed by atoms with Gasteiger partial charge in [-0.3, -0.25) is 0 Å². The van der Waals surface area contributed by atoms with Gasteiger partial charge in [-0.1, -0.05) is 6.07 Å². The molecule has 0 fully saturated rings. The van der Waals surface area contributed by atoms with Crippen molar-refractivity contribution in [2.45, 2.75) is 5.03 Å². The number of hydrogen-bond acceptors (Lipinski definition) is 6. The van der Waals surface area contributed by atoms with Crippen molar-refractivity contribution < 1.29 is 19.4 Å². The minimum atomic E-state index is -1.10. The molecule has 0 amide bonds. The Bertz CT molecular complexity index is 634. The van der Waals surface area contributed by atoms with Crippen LogP contribution in [0, 0.1) is 0 Å². The molecule has 6 nitrogen and oxygen atoms in total. The van der Waals surface area contributed by atoms with Crippen LogP contribution in [0.3, 0.4) is 0 Å². The summed E-state index contributed by atoms with van der Waals surface area (Å²) < 4.78 is 10.7. The van der Waals surface area contributed by atoms with Crippen molar-refractivity contribution in [3.05, 3.63) is 36.2 Å². The Balaban J connectivity index is 2.43. The quantitative estimate of drug-likeness (QED) is 0.670. The van der Waals surface area contributed by atoms with Gasteiger partial charge in [0.05, 0.1) is 7.11 Å². The molecule has 0 saturated heterocycles. The molecule has 1 N–H and O–H groups in total. The molecule has 0 saturated carbocycles. The summed E-state index contributed by atoms with van der Waals surface area (Å²) in [6.45, 7) is 0. The minimum Gasteiger partial charge on any atom is -0.493 e. The summed E-state index contributed by atoms with van der Waals surface area (Å²) in [5.41, 5.74) is 0.00802. The molecule has 2 rings (SSSR count). The zero-order valence-corrected chi connectivity index (χ0v) is 11.7. The zero-order valence-electron chi connectivity index (χ0n) is 10.9. The molecule has 0 aliphatic heterocycles. The first-order chi connectivity index (χ1) is 9.65. The average Bonchev–Trinajstić information content (AvgIpc) is 2.47. The number of carboxylic acids is 1. The van der Waals surface area contributed by atoms with Crippen LogP contribution in [0.2, 0.25) is 0 Å². The van der Waals surface area contributed by atoms with Gasteiger partial charge >= 0.3 is 5.97 Å². The number of aromatic nitrogens is 2. The molecule has 20 heavy (non-hydrogen) atoms. The van der Waals surface area contributed by atoms with Crippen LogP contribution in [0.4, 0.5) is 0 Å². The van der Waals surface area contributed by atoms with Crippen molar-refractivity contribution in [2.75, 3.05) is 13.4 Å². The highest BCUT2D eigenvalue weighted by molar-refractivity contribution is 7.98. The number of aromatic carboxylic acids is 1. The molecule has 1 aromatic carbocycles. The summed E-state index contributed by atoms with van der Waals surface area (Å²) >= 11 is 1.44. The van der Waals surface area contributed by atoms with Gasteiger partial charge in [0.1, 0.15) is 16.9 Å². The molecular weight excluding hydrogens is 280 g/mol. The fourth-order valence-corrected chi connectivity index (χ4v) is 1.92. The van der Waals surface area contributed by atoms with Gasteiger partial charge in [-0.05, 0) is 18.4 Å². The Morgan fingerprint density at radius 3 is 2.80 bits per heavy atom. The first-order valence-corrected chi connectivity index (χ1v) is 6.82. The molecule has 0 spiro atoms. The monoisotopic (exact) mass is 292 g/mol. The van der Waals surface area contributed by atoms with Crippen LogP contribution in [0.25, 0.3) is 0 Å². The van der Waals surface area contributed by atoms with Crippen LogP contribution in [0.5, 0.6) is 17.4 Å². The van der Waals surface area contributed by atoms with Crippen LogP contribution in [-0.4, -0.2) is 34.4 Å². The number of hydrogen-bond donors (Lipinski definition) is 1. The highest BCUT2D eigenvalue weighted by Crippen LogP contribution is 2.34. The van der Waals surface area contributed by atoms with Gasteiger partial charge in [-0.15, -0.1) is 11.8 Å². The van der Waals surface area contributed by atoms with Crippen LogP contribution < -0.4 is 9.47 Å². The van der Waals surface area contributed by atoms with Crippen LogP contribution >= 0.6 is 11.8 Å². The molecule has 1 heterocycles. The van der Waals surface area contributed by atoms with Crippen molar-refractivity contribution in [3.8, 4) is 17.4 Å². The van der Waals surface area contributed by atoms with E-state index in [4.69, 9.17) is 9.47 Å². The predicted octanol–water partition coefficient (Wildman–Crippen LogP) is 2.70. The summed E-state index contributed by atoms with van der Waals surface area (Å²) in [5, 5.41) is 9.92. The predicted molar refractivity (Wildman–Crippen MR) is 73.8 cm³/mol. The molecule has 104 valence electrons. The Morgan fingerprint density at radius 2 is 2.15 bits per heavy atom. The largest absolute Gasteiger partial charge is 0.493 e. The molecule has 7 heteroatoms. The normalized spacial score (nSPS) is 10.1. The van der Waals surface area contributed by atoms with Gasteiger partial charge in [-0.2, -0.15) is 0 Å². The number of para-hydroxylation sites is 1. The number of benzene rings is 1. The summed E-state index contributed by atoms with van der Waals surface area (Å²) in [7, 11) is 1.45. The molecular formula is C13H12N2O4S. The molecule has 0 radical (unpaired) electrons. The topological polar surface area (TPSA) is 81.5 Å². The number of carbonyl (C=O) groups is 1. The summed E-state index contributed by atoms with van der Waals surface area (Å²) in [5.74, 6) is -0.392. The van der Waals surface area contributed by atoms with Gasteiger partial charge < -0.3 is 14.6 Å². The maximum absolute atomic E-state index is 11.2. The van der Waals surface area contributed by atoms with Gasteiger partial charge in [0, 0.05) is 6.07 Å². The second-order valence-electron chi connectivity index (χ2n) is 3.64. The fourth-order valence-electron chi connectivity index (χ4n) is 1.55. The van der Waals surface area contributed by atoms with E-state index in [1.54, 1.807) is 18.2 Å². The van der Waals surface area contributed by atoms with Crippen molar-refractivity contribution in [2.24, 2.45) is 0 Å². The van der Waals surface area contributed by atoms with E-state index in [9.17, 15) is 9.90 Å². The van der Waals surface area contributed by atoms with E-state index < -0.39 is 5.97 Å². The van der Waals surface area contributed by atoms with Gasteiger partial charge in [0.2, 0.25) is 5.88 Å². The lowest BCUT2D eigenvalue weighted by molar-refractivity contribution is 0.0693. The minimum absolute atomic E-state index is 0.00802. The number of methoxy groups -OCH3 is 1. The maximum atomic E-state index is 11.2. The summed E-state index contributed by atoms with van der Waals surface area (Å²) in [6.07, 6.45) is 3.23. The molecule has 0 bridgehead atoms. The second kappa shape index (κ2) is 6.25.